The predicted molar refractivity (Wildman–Crippen MR) is 75.7 cm³/mol. The van der Waals surface area contributed by atoms with Crippen molar-refractivity contribution in [3.63, 3.8) is 0 Å². The Morgan fingerprint density at radius 1 is 1.39 bits per heavy atom. The van der Waals surface area contributed by atoms with Crippen molar-refractivity contribution in [2.75, 3.05) is 24.6 Å². The first-order chi connectivity index (χ1) is 8.74. The molecule has 1 aliphatic heterocycles. The fourth-order valence-electron chi connectivity index (χ4n) is 1.98. The van der Waals surface area contributed by atoms with Crippen LogP contribution in [0.5, 0.6) is 0 Å². The van der Waals surface area contributed by atoms with E-state index in [1.54, 1.807) is 6.08 Å². The summed E-state index contributed by atoms with van der Waals surface area (Å²) < 4.78 is 0. The van der Waals surface area contributed by atoms with E-state index in [0.29, 0.717) is 0 Å². The zero-order valence-corrected chi connectivity index (χ0v) is 11.0. The molecule has 0 radical (unpaired) electrons. The van der Waals surface area contributed by atoms with Gasteiger partial charge in [0.1, 0.15) is 0 Å². The van der Waals surface area contributed by atoms with E-state index in [1.165, 1.54) is 23.1 Å². The van der Waals surface area contributed by atoms with Gasteiger partial charge in [-0.25, -0.2) is 4.79 Å². The highest BCUT2D eigenvalue weighted by molar-refractivity contribution is 7.99. The summed E-state index contributed by atoms with van der Waals surface area (Å²) in [6.07, 6.45) is 2.81. The largest absolute Gasteiger partial charge is 0.478 e. The SMILES string of the molecule is O=C(O)C=Cc1cccc(CN2CCSCC2)c1. The van der Waals surface area contributed by atoms with Gasteiger partial charge in [-0.1, -0.05) is 24.3 Å². The van der Waals surface area contributed by atoms with Crippen LogP contribution in [-0.4, -0.2) is 40.6 Å². The molecule has 1 heterocycles. The minimum atomic E-state index is -0.909. The zero-order chi connectivity index (χ0) is 12.8. The van der Waals surface area contributed by atoms with Crippen molar-refractivity contribution in [1.82, 2.24) is 4.90 Å². The Hall–Kier alpha value is -1.26. The van der Waals surface area contributed by atoms with Crippen molar-refractivity contribution < 1.29 is 9.90 Å². The van der Waals surface area contributed by atoms with Gasteiger partial charge in [-0.05, 0) is 17.2 Å². The molecule has 0 bridgehead atoms. The normalized spacial score (nSPS) is 17.1. The zero-order valence-electron chi connectivity index (χ0n) is 10.2. The fraction of sp³-hybridized carbons (Fsp3) is 0.357. The molecule has 1 aromatic rings. The second-order valence-electron chi connectivity index (χ2n) is 4.31. The summed E-state index contributed by atoms with van der Waals surface area (Å²) in [5.41, 5.74) is 2.19. The number of aliphatic carboxylic acids is 1. The molecule has 0 aliphatic carbocycles. The number of hydrogen-bond donors (Lipinski definition) is 1. The van der Waals surface area contributed by atoms with Gasteiger partial charge in [-0.3, -0.25) is 4.90 Å². The Kier molecular flexibility index (Phi) is 4.84. The molecule has 1 fully saturated rings. The van der Waals surface area contributed by atoms with E-state index in [9.17, 15) is 4.79 Å². The van der Waals surface area contributed by atoms with Crippen molar-refractivity contribution in [3.05, 3.63) is 41.5 Å². The first kappa shape index (κ1) is 13.2. The number of thioether (sulfide) groups is 1. The van der Waals surface area contributed by atoms with Gasteiger partial charge in [-0.15, -0.1) is 0 Å². The highest BCUT2D eigenvalue weighted by Crippen LogP contribution is 2.14. The molecule has 2 rings (SSSR count). The number of carbonyl (C=O) groups is 1. The molecule has 0 unspecified atom stereocenters. The average Bonchev–Trinajstić information content (AvgIpc) is 2.38. The molecule has 18 heavy (non-hydrogen) atoms. The van der Waals surface area contributed by atoms with Crippen LogP contribution in [0.1, 0.15) is 11.1 Å². The first-order valence-corrected chi connectivity index (χ1v) is 7.19. The second kappa shape index (κ2) is 6.61. The van der Waals surface area contributed by atoms with Gasteiger partial charge in [0.05, 0.1) is 0 Å². The highest BCUT2D eigenvalue weighted by atomic mass is 32.2. The van der Waals surface area contributed by atoms with Gasteiger partial charge in [0.25, 0.3) is 0 Å². The van der Waals surface area contributed by atoms with Crippen molar-refractivity contribution >= 4 is 23.8 Å². The number of carboxylic acids is 1. The standard InChI is InChI=1S/C14H17NO2S/c16-14(17)5-4-12-2-1-3-13(10-12)11-15-6-8-18-9-7-15/h1-5,10H,6-9,11H2,(H,16,17). The van der Waals surface area contributed by atoms with Crippen LogP contribution in [0.25, 0.3) is 6.08 Å². The highest BCUT2D eigenvalue weighted by Gasteiger charge is 2.10. The quantitative estimate of drug-likeness (QED) is 0.846. The summed E-state index contributed by atoms with van der Waals surface area (Å²) in [6, 6.07) is 8.06. The molecule has 3 nitrogen and oxygen atoms in total. The molecule has 96 valence electrons. The van der Waals surface area contributed by atoms with Crippen LogP contribution in [0.2, 0.25) is 0 Å². The number of rotatable bonds is 4. The maximum Gasteiger partial charge on any atom is 0.328 e. The summed E-state index contributed by atoms with van der Waals surface area (Å²) in [7, 11) is 0. The van der Waals surface area contributed by atoms with E-state index in [4.69, 9.17) is 5.11 Å². The summed E-state index contributed by atoms with van der Waals surface area (Å²) in [5.74, 6) is 1.51. The molecular weight excluding hydrogens is 246 g/mol. The maximum absolute atomic E-state index is 10.5. The molecule has 0 atom stereocenters. The number of nitrogens with zero attached hydrogens (tertiary/aromatic N) is 1. The number of benzene rings is 1. The smallest absolute Gasteiger partial charge is 0.328 e. The third kappa shape index (κ3) is 4.20. The Labute approximate surface area is 111 Å². The molecule has 1 aromatic carbocycles. The summed E-state index contributed by atoms with van der Waals surface area (Å²) in [5, 5.41) is 8.61. The van der Waals surface area contributed by atoms with Crippen LogP contribution in [0.4, 0.5) is 0 Å². The lowest BCUT2D eigenvalue weighted by molar-refractivity contribution is -0.131. The number of carboxylic acid groups (broad SMARTS) is 1. The lowest BCUT2D eigenvalue weighted by Gasteiger charge is -2.26. The molecule has 0 spiro atoms. The lowest BCUT2D eigenvalue weighted by atomic mass is 10.1. The summed E-state index contributed by atoms with van der Waals surface area (Å²) in [4.78, 5) is 12.9. The van der Waals surface area contributed by atoms with Crippen molar-refractivity contribution in [1.29, 1.82) is 0 Å². The molecule has 0 saturated carbocycles. The van der Waals surface area contributed by atoms with E-state index >= 15 is 0 Å². The summed E-state index contributed by atoms with van der Waals surface area (Å²) in [6.45, 7) is 3.23. The second-order valence-corrected chi connectivity index (χ2v) is 5.53. The molecule has 1 N–H and O–H groups in total. The van der Waals surface area contributed by atoms with E-state index in [1.807, 2.05) is 23.9 Å². The van der Waals surface area contributed by atoms with Gasteiger partial charge in [0.2, 0.25) is 0 Å². The fourth-order valence-corrected chi connectivity index (χ4v) is 2.96. The van der Waals surface area contributed by atoms with Crippen LogP contribution >= 0.6 is 11.8 Å². The molecule has 0 amide bonds. The van der Waals surface area contributed by atoms with E-state index in [2.05, 4.69) is 17.0 Å². The molecule has 0 aromatic heterocycles. The lowest BCUT2D eigenvalue weighted by Crippen LogP contribution is -2.31. The van der Waals surface area contributed by atoms with Crippen LogP contribution in [-0.2, 0) is 11.3 Å². The van der Waals surface area contributed by atoms with E-state index in [0.717, 1.165) is 25.2 Å². The van der Waals surface area contributed by atoms with E-state index in [-0.39, 0.29) is 0 Å². The third-order valence-corrected chi connectivity index (χ3v) is 3.82. The number of hydrogen-bond acceptors (Lipinski definition) is 3. The monoisotopic (exact) mass is 263 g/mol. The minimum Gasteiger partial charge on any atom is -0.478 e. The molecule has 1 saturated heterocycles. The van der Waals surface area contributed by atoms with Crippen molar-refractivity contribution in [2.24, 2.45) is 0 Å². The predicted octanol–water partition coefficient (Wildman–Crippen LogP) is 2.33. The maximum atomic E-state index is 10.5. The Bertz CT molecular complexity index is 439. The van der Waals surface area contributed by atoms with Gasteiger partial charge >= 0.3 is 5.97 Å². The van der Waals surface area contributed by atoms with Gasteiger partial charge < -0.3 is 5.11 Å². The van der Waals surface area contributed by atoms with E-state index < -0.39 is 5.97 Å². The first-order valence-electron chi connectivity index (χ1n) is 6.04. The Morgan fingerprint density at radius 3 is 2.89 bits per heavy atom. The van der Waals surface area contributed by atoms with Crippen molar-refractivity contribution in [3.8, 4) is 0 Å². The van der Waals surface area contributed by atoms with Crippen LogP contribution < -0.4 is 0 Å². The van der Waals surface area contributed by atoms with Gasteiger partial charge in [-0.2, -0.15) is 11.8 Å². The molecule has 4 heteroatoms. The Balaban J connectivity index is 2.00. The summed E-state index contributed by atoms with van der Waals surface area (Å²) >= 11 is 2.01. The third-order valence-electron chi connectivity index (χ3n) is 2.88. The molecular formula is C14H17NO2S. The molecule has 1 aliphatic rings. The van der Waals surface area contributed by atoms with Crippen LogP contribution in [0.3, 0.4) is 0 Å². The Morgan fingerprint density at radius 2 is 2.17 bits per heavy atom. The minimum absolute atomic E-state index is 0.909. The topological polar surface area (TPSA) is 40.5 Å². The van der Waals surface area contributed by atoms with Crippen molar-refractivity contribution in [2.45, 2.75) is 6.54 Å². The van der Waals surface area contributed by atoms with Gasteiger partial charge in [0, 0.05) is 37.2 Å². The van der Waals surface area contributed by atoms with Crippen LogP contribution in [0, 0.1) is 0 Å². The average molecular weight is 263 g/mol. The van der Waals surface area contributed by atoms with Crippen LogP contribution in [0.15, 0.2) is 30.3 Å². The van der Waals surface area contributed by atoms with Gasteiger partial charge in [0.15, 0.2) is 0 Å².